The van der Waals surface area contributed by atoms with Gasteiger partial charge in [-0.3, -0.25) is 0 Å². The van der Waals surface area contributed by atoms with Gasteiger partial charge in [0.25, 0.3) is 5.78 Å². The van der Waals surface area contributed by atoms with Gasteiger partial charge in [0.05, 0.1) is 11.1 Å². The van der Waals surface area contributed by atoms with Crippen LogP contribution in [-0.4, -0.2) is 19.6 Å². The van der Waals surface area contributed by atoms with Gasteiger partial charge in [0.2, 0.25) is 0 Å². The summed E-state index contributed by atoms with van der Waals surface area (Å²) in [6.07, 6.45) is -3.24. The quantitative estimate of drug-likeness (QED) is 0.629. The van der Waals surface area contributed by atoms with Crippen LogP contribution in [0.3, 0.4) is 0 Å². The fraction of sp³-hybridized carbons (Fsp3) is 0.0833. The number of nitrogens with zero attached hydrogens (tertiary/aromatic N) is 4. The summed E-state index contributed by atoms with van der Waals surface area (Å²) in [5.41, 5.74) is -0.432. The third-order valence-electron chi connectivity index (χ3n) is 2.81. The lowest BCUT2D eigenvalue weighted by molar-refractivity contribution is -0.137. The first-order chi connectivity index (χ1) is 9.88. The molecule has 0 N–H and O–H groups in total. The van der Waals surface area contributed by atoms with E-state index in [2.05, 4.69) is 15.1 Å². The van der Waals surface area contributed by atoms with Crippen molar-refractivity contribution >= 4 is 29.0 Å². The summed E-state index contributed by atoms with van der Waals surface area (Å²) in [5.74, 6) is 0.167. The molecular weight excluding hydrogens is 328 g/mol. The first-order valence-corrected chi connectivity index (χ1v) is 6.36. The lowest BCUT2D eigenvalue weighted by Gasteiger charge is -2.11. The third kappa shape index (κ3) is 2.43. The summed E-state index contributed by atoms with van der Waals surface area (Å²) >= 11 is 12.2. The second kappa shape index (κ2) is 4.85. The second-order valence-electron chi connectivity index (χ2n) is 4.12. The Morgan fingerprint density at radius 1 is 1.14 bits per heavy atom. The van der Waals surface area contributed by atoms with Crippen LogP contribution < -0.4 is 0 Å². The molecule has 108 valence electrons. The van der Waals surface area contributed by atoms with E-state index in [1.807, 2.05) is 0 Å². The van der Waals surface area contributed by atoms with E-state index in [0.29, 0.717) is 0 Å². The van der Waals surface area contributed by atoms with Crippen LogP contribution in [-0.2, 0) is 6.18 Å². The molecule has 0 aliphatic carbocycles. The summed E-state index contributed by atoms with van der Waals surface area (Å²) in [5, 5.41) is 3.85. The van der Waals surface area contributed by atoms with Crippen LogP contribution in [0.4, 0.5) is 13.2 Å². The van der Waals surface area contributed by atoms with Crippen LogP contribution in [0.1, 0.15) is 5.56 Å². The maximum Gasteiger partial charge on any atom is 0.416 e. The van der Waals surface area contributed by atoms with Crippen molar-refractivity contribution in [2.24, 2.45) is 0 Å². The smallest absolute Gasteiger partial charge is 0.198 e. The Hall–Kier alpha value is -1.86. The molecule has 0 aliphatic rings. The zero-order valence-corrected chi connectivity index (χ0v) is 11.6. The maximum absolute atomic E-state index is 12.8. The molecule has 9 heteroatoms. The zero-order chi connectivity index (χ0) is 15.2. The fourth-order valence-corrected chi connectivity index (χ4v) is 2.51. The Labute approximate surface area is 126 Å². The van der Waals surface area contributed by atoms with E-state index in [1.165, 1.54) is 23.0 Å². The number of aromatic nitrogens is 4. The highest BCUT2D eigenvalue weighted by Crippen LogP contribution is 2.37. The highest BCUT2D eigenvalue weighted by molar-refractivity contribution is 6.38. The minimum absolute atomic E-state index is 0.0418. The zero-order valence-electron chi connectivity index (χ0n) is 10.1. The van der Waals surface area contributed by atoms with Crippen molar-refractivity contribution < 1.29 is 13.2 Å². The molecule has 21 heavy (non-hydrogen) atoms. The Balaban J connectivity index is 2.25. The SMILES string of the molecule is FC(F)(F)c1cccc(-c2c(Cl)nc3ncnn3c2Cl)c1. The molecule has 0 aliphatic heterocycles. The summed E-state index contributed by atoms with van der Waals surface area (Å²) in [6.45, 7) is 0. The lowest BCUT2D eigenvalue weighted by Crippen LogP contribution is -2.05. The number of hydrogen-bond donors (Lipinski definition) is 0. The Morgan fingerprint density at radius 3 is 2.62 bits per heavy atom. The van der Waals surface area contributed by atoms with Gasteiger partial charge in [-0.2, -0.15) is 32.8 Å². The van der Waals surface area contributed by atoms with E-state index in [-0.39, 0.29) is 27.2 Å². The molecule has 3 aromatic rings. The summed E-state index contributed by atoms with van der Waals surface area (Å²) in [7, 11) is 0. The molecule has 0 fully saturated rings. The van der Waals surface area contributed by atoms with E-state index in [9.17, 15) is 13.2 Å². The Kier molecular flexibility index (Phi) is 3.26. The van der Waals surface area contributed by atoms with Crippen LogP contribution in [0.5, 0.6) is 0 Å². The van der Waals surface area contributed by atoms with Crippen molar-refractivity contribution in [2.45, 2.75) is 6.18 Å². The van der Waals surface area contributed by atoms with Crippen molar-refractivity contribution in [1.29, 1.82) is 0 Å². The number of fused-ring (bicyclic) bond motifs is 1. The number of benzene rings is 1. The van der Waals surface area contributed by atoms with Gasteiger partial charge in [0.1, 0.15) is 16.6 Å². The first kappa shape index (κ1) is 14.1. The molecule has 0 atom stereocenters. The van der Waals surface area contributed by atoms with Gasteiger partial charge in [-0.25, -0.2) is 0 Å². The molecular formula is C12H5Cl2F3N4. The largest absolute Gasteiger partial charge is 0.416 e. The highest BCUT2D eigenvalue weighted by atomic mass is 35.5. The average Bonchev–Trinajstić information content (AvgIpc) is 2.86. The van der Waals surface area contributed by atoms with Gasteiger partial charge in [-0.05, 0) is 17.7 Å². The van der Waals surface area contributed by atoms with Gasteiger partial charge < -0.3 is 0 Å². The first-order valence-electron chi connectivity index (χ1n) is 5.60. The molecule has 2 heterocycles. The summed E-state index contributed by atoms with van der Waals surface area (Å²) in [4.78, 5) is 7.78. The molecule has 2 aromatic heterocycles. The molecule has 0 spiro atoms. The van der Waals surface area contributed by atoms with Gasteiger partial charge in [0.15, 0.2) is 0 Å². The van der Waals surface area contributed by atoms with Gasteiger partial charge >= 0.3 is 6.18 Å². The second-order valence-corrected chi connectivity index (χ2v) is 4.83. The molecule has 3 rings (SSSR count). The number of rotatable bonds is 1. The van der Waals surface area contributed by atoms with Crippen LogP contribution in [0, 0.1) is 0 Å². The number of alkyl halides is 3. The van der Waals surface area contributed by atoms with Gasteiger partial charge in [0, 0.05) is 0 Å². The molecule has 0 saturated carbocycles. The third-order valence-corrected chi connectivity index (χ3v) is 3.43. The van der Waals surface area contributed by atoms with E-state index < -0.39 is 11.7 Å². The predicted molar refractivity (Wildman–Crippen MR) is 71.2 cm³/mol. The van der Waals surface area contributed by atoms with E-state index in [1.54, 1.807) is 0 Å². The van der Waals surface area contributed by atoms with E-state index >= 15 is 0 Å². The molecule has 0 amide bonds. The molecule has 0 radical (unpaired) electrons. The molecule has 1 aromatic carbocycles. The average molecular weight is 333 g/mol. The van der Waals surface area contributed by atoms with Crippen LogP contribution >= 0.6 is 23.2 Å². The van der Waals surface area contributed by atoms with Crippen LogP contribution in [0.15, 0.2) is 30.6 Å². The predicted octanol–water partition coefficient (Wildman–Crippen LogP) is 4.12. The highest BCUT2D eigenvalue weighted by Gasteiger charge is 2.31. The molecule has 0 saturated heterocycles. The minimum atomic E-state index is -4.46. The molecule has 0 bridgehead atoms. The van der Waals surface area contributed by atoms with Crippen molar-refractivity contribution in [3.8, 4) is 11.1 Å². The maximum atomic E-state index is 12.8. The van der Waals surface area contributed by atoms with Crippen molar-refractivity contribution in [1.82, 2.24) is 19.6 Å². The van der Waals surface area contributed by atoms with Gasteiger partial charge in [-0.15, -0.1) is 0 Å². The van der Waals surface area contributed by atoms with Gasteiger partial charge in [-0.1, -0.05) is 35.3 Å². The van der Waals surface area contributed by atoms with E-state index in [0.717, 1.165) is 12.1 Å². The monoisotopic (exact) mass is 332 g/mol. The Morgan fingerprint density at radius 2 is 1.90 bits per heavy atom. The topological polar surface area (TPSA) is 43.1 Å². The summed E-state index contributed by atoms with van der Waals surface area (Å²) in [6, 6.07) is 4.66. The van der Waals surface area contributed by atoms with Crippen molar-refractivity contribution in [2.75, 3.05) is 0 Å². The molecule has 4 nitrogen and oxygen atoms in total. The normalized spacial score (nSPS) is 12.0. The van der Waals surface area contributed by atoms with Crippen LogP contribution in [0.25, 0.3) is 16.9 Å². The standard InChI is InChI=1S/C12H5Cl2F3N4/c13-9-8(10(14)21-11(20-9)18-5-19-21)6-2-1-3-7(4-6)12(15,16)17/h1-5H. The summed E-state index contributed by atoms with van der Waals surface area (Å²) < 4.78 is 39.5. The molecule has 0 unspecified atom stereocenters. The van der Waals surface area contributed by atoms with E-state index in [4.69, 9.17) is 23.2 Å². The van der Waals surface area contributed by atoms with Crippen molar-refractivity contribution in [3.05, 3.63) is 46.5 Å². The van der Waals surface area contributed by atoms with Crippen LogP contribution in [0.2, 0.25) is 10.3 Å². The minimum Gasteiger partial charge on any atom is -0.198 e. The lowest BCUT2D eigenvalue weighted by atomic mass is 10.1. The number of hydrogen-bond acceptors (Lipinski definition) is 3. The fourth-order valence-electron chi connectivity index (χ4n) is 1.87. The Bertz CT molecular complexity index is 829. The van der Waals surface area contributed by atoms with Crippen molar-refractivity contribution in [3.63, 3.8) is 0 Å². The number of halogens is 5.